The molecule has 0 N–H and O–H groups in total. The van der Waals surface area contributed by atoms with Crippen molar-refractivity contribution < 1.29 is 9.59 Å². The van der Waals surface area contributed by atoms with E-state index in [0.717, 1.165) is 38.2 Å². The highest BCUT2D eigenvalue weighted by Crippen LogP contribution is 2.44. The van der Waals surface area contributed by atoms with Gasteiger partial charge in [-0.25, -0.2) is 0 Å². The van der Waals surface area contributed by atoms with Crippen LogP contribution in [0, 0.1) is 11.8 Å². The second kappa shape index (κ2) is 6.59. The van der Waals surface area contributed by atoms with E-state index < -0.39 is 0 Å². The van der Waals surface area contributed by atoms with Crippen LogP contribution in [0.3, 0.4) is 0 Å². The van der Waals surface area contributed by atoms with E-state index in [-0.39, 0.29) is 22.6 Å². The average Bonchev–Trinajstić information content (AvgIpc) is 2.81. The molecule has 0 unspecified atom stereocenters. The summed E-state index contributed by atoms with van der Waals surface area (Å²) < 4.78 is 0. The van der Waals surface area contributed by atoms with E-state index in [1.165, 1.54) is 0 Å². The zero-order valence-corrected chi connectivity index (χ0v) is 14.5. The normalized spacial score (nSPS) is 21.6. The van der Waals surface area contributed by atoms with E-state index in [0.29, 0.717) is 12.3 Å². The van der Waals surface area contributed by atoms with E-state index >= 15 is 0 Å². The van der Waals surface area contributed by atoms with Gasteiger partial charge in [-0.05, 0) is 18.8 Å². The molecule has 0 saturated carbocycles. The Bertz CT molecular complexity index is 401. The highest BCUT2D eigenvalue weighted by molar-refractivity contribution is 8.00. The summed E-state index contributed by atoms with van der Waals surface area (Å²) in [4.78, 5) is 28.6. The molecule has 2 rings (SSSR count). The lowest BCUT2D eigenvalue weighted by Crippen LogP contribution is -2.54. The summed E-state index contributed by atoms with van der Waals surface area (Å²) in [6.07, 6.45) is 2.47. The molecule has 2 fully saturated rings. The van der Waals surface area contributed by atoms with Crippen molar-refractivity contribution in [3.8, 4) is 0 Å². The first-order valence-corrected chi connectivity index (χ1v) is 9.07. The van der Waals surface area contributed by atoms with Crippen LogP contribution in [0.4, 0.5) is 0 Å². The molecule has 2 amide bonds. The van der Waals surface area contributed by atoms with Gasteiger partial charge >= 0.3 is 0 Å². The summed E-state index contributed by atoms with van der Waals surface area (Å²) in [6.45, 7) is 10.6. The smallest absolute Gasteiger partial charge is 0.226 e. The molecule has 0 bridgehead atoms. The number of hydrogen-bond acceptors (Lipinski definition) is 3. The van der Waals surface area contributed by atoms with Crippen molar-refractivity contribution in [2.75, 3.05) is 25.4 Å². The topological polar surface area (TPSA) is 40.6 Å². The van der Waals surface area contributed by atoms with Crippen molar-refractivity contribution in [1.29, 1.82) is 0 Å². The maximum atomic E-state index is 12.4. The summed E-state index contributed by atoms with van der Waals surface area (Å²) >= 11 is 1.91. The van der Waals surface area contributed by atoms with Crippen molar-refractivity contribution in [3.63, 3.8) is 0 Å². The van der Waals surface area contributed by atoms with Crippen LogP contribution in [0.2, 0.25) is 0 Å². The second-order valence-electron chi connectivity index (χ2n) is 6.92. The summed E-state index contributed by atoms with van der Waals surface area (Å²) in [5.74, 6) is 2.03. The van der Waals surface area contributed by atoms with Crippen LogP contribution in [-0.2, 0) is 9.59 Å². The molecular weight excluding hydrogens is 284 g/mol. The number of piperidine rings is 1. The number of carbonyl (C=O) groups excluding carboxylic acids is 2. The number of hydrogen-bond donors (Lipinski definition) is 0. The molecule has 2 aliphatic rings. The number of rotatable bonds is 3. The molecule has 1 spiro atoms. The quantitative estimate of drug-likeness (QED) is 0.804. The lowest BCUT2D eigenvalue weighted by Gasteiger charge is -2.44. The van der Waals surface area contributed by atoms with E-state index in [1.54, 1.807) is 0 Å². The van der Waals surface area contributed by atoms with Crippen LogP contribution in [-0.4, -0.2) is 51.9 Å². The van der Waals surface area contributed by atoms with Crippen LogP contribution in [0.1, 0.15) is 47.0 Å². The monoisotopic (exact) mass is 312 g/mol. The van der Waals surface area contributed by atoms with Crippen molar-refractivity contribution in [2.45, 2.75) is 51.8 Å². The Labute approximate surface area is 132 Å². The summed E-state index contributed by atoms with van der Waals surface area (Å²) in [6, 6.07) is 0. The Balaban J connectivity index is 1.98. The Morgan fingerprint density at radius 2 is 1.71 bits per heavy atom. The first kappa shape index (κ1) is 16.7. The van der Waals surface area contributed by atoms with Crippen molar-refractivity contribution >= 4 is 23.6 Å². The molecule has 0 aliphatic carbocycles. The maximum absolute atomic E-state index is 12.4. The van der Waals surface area contributed by atoms with E-state index in [1.807, 2.05) is 30.5 Å². The summed E-state index contributed by atoms with van der Waals surface area (Å²) in [5.41, 5.74) is 0. The molecule has 120 valence electrons. The fourth-order valence-corrected chi connectivity index (χ4v) is 4.69. The van der Waals surface area contributed by atoms with Crippen molar-refractivity contribution in [2.24, 2.45) is 11.8 Å². The predicted molar refractivity (Wildman–Crippen MR) is 87.0 cm³/mol. The van der Waals surface area contributed by atoms with Gasteiger partial charge in [0, 0.05) is 37.7 Å². The van der Waals surface area contributed by atoms with E-state index in [9.17, 15) is 9.59 Å². The number of carbonyl (C=O) groups is 2. The Morgan fingerprint density at radius 1 is 1.10 bits per heavy atom. The molecule has 21 heavy (non-hydrogen) atoms. The molecule has 2 saturated heterocycles. The summed E-state index contributed by atoms with van der Waals surface area (Å²) in [5, 5.41) is 0. The van der Waals surface area contributed by atoms with E-state index in [2.05, 4.69) is 18.7 Å². The van der Waals surface area contributed by atoms with Gasteiger partial charge < -0.3 is 9.80 Å². The van der Waals surface area contributed by atoms with Crippen LogP contribution in [0.15, 0.2) is 0 Å². The second-order valence-corrected chi connectivity index (χ2v) is 8.37. The molecule has 4 nitrogen and oxygen atoms in total. The average molecular weight is 312 g/mol. The van der Waals surface area contributed by atoms with Gasteiger partial charge in [-0.3, -0.25) is 9.59 Å². The van der Waals surface area contributed by atoms with Crippen molar-refractivity contribution in [1.82, 2.24) is 9.80 Å². The zero-order valence-electron chi connectivity index (χ0n) is 13.7. The predicted octanol–water partition coefficient (Wildman–Crippen LogP) is 2.58. The molecule has 0 atom stereocenters. The van der Waals surface area contributed by atoms with Crippen LogP contribution >= 0.6 is 11.8 Å². The molecule has 0 aromatic rings. The summed E-state index contributed by atoms with van der Waals surface area (Å²) in [7, 11) is 0. The molecule has 0 radical (unpaired) electrons. The van der Waals surface area contributed by atoms with Gasteiger partial charge in [0.15, 0.2) is 0 Å². The third-order valence-corrected chi connectivity index (χ3v) is 5.97. The van der Waals surface area contributed by atoms with Crippen molar-refractivity contribution in [3.05, 3.63) is 0 Å². The fourth-order valence-electron chi connectivity index (χ4n) is 3.23. The lowest BCUT2D eigenvalue weighted by atomic mass is 9.99. The van der Waals surface area contributed by atoms with Gasteiger partial charge in [-0.2, -0.15) is 0 Å². The van der Waals surface area contributed by atoms with Gasteiger partial charge in [-0.15, -0.1) is 11.8 Å². The fraction of sp³-hybridized carbons (Fsp3) is 0.875. The SMILES string of the molecule is CC(C)CC(=O)N1CCC2(CC1)SCCN2C(=O)C(C)C. The molecule has 0 aromatic carbocycles. The third-order valence-electron chi connectivity index (χ3n) is 4.42. The Kier molecular flexibility index (Phi) is 5.23. The van der Waals surface area contributed by atoms with Crippen LogP contribution < -0.4 is 0 Å². The third kappa shape index (κ3) is 3.55. The first-order valence-electron chi connectivity index (χ1n) is 8.09. The highest BCUT2D eigenvalue weighted by Gasteiger charge is 2.47. The molecule has 2 heterocycles. The van der Waals surface area contributed by atoms with Crippen LogP contribution in [0.25, 0.3) is 0 Å². The number of likely N-dealkylation sites (tertiary alicyclic amines) is 1. The van der Waals surface area contributed by atoms with Crippen LogP contribution in [0.5, 0.6) is 0 Å². The molecular formula is C16H28N2O2S. The largest absolute Gasteiger partial charge is 0.342 e. The number of nitrogens with zero attached hydrogens (tertiary/aromatic N) is 2. The van der Waals surface area contributed by atoms with E-state index in [4.69, 9.17) is 0 Å². The minimum Gasteiger partial charge on any atom is -0.342 e. The van der Waals surface area contributed by atoms with Gasteiger partial charge in [0.05, 0.1) is 4.87 Å². The maximum Gasteiger partial charge on any atom is 0.226 e. The molecule has 2 aliphatic heterocycles. The first-order chi connectivity index (χ1) is 9.85. The lowest BCUT2D eigenvalue weighted by molar-refractivity contribution is -0.139. The molecule has 5 heteroatoms. The minimum absolute atomic E-state index is 0.0457. The Morgan fingerprint density at radius 3 is 2.24 bits per heavy atom. The zero-order chi connectivity index (χ0) is 15.6. The minimum atomic E-state index is -0.0457. The number of amides is 2. The highest BCUT2D eigenvalue weighted by atomic mass is 32.2. The standard InChI is InChI=1S/C16H28N2O2S/c1-12(2)11-14(19)17-7-5-16(6-8-17)18(9-10-21-16)15(20)13(3)4/h12-13H,5-11H2,1-4H3. The van der Waals surface area contributed by atoms with Gasteiger partial charge in [0.2, 0.25) is 11.8 Å². The molecule has 0 aromatic heterocycles. The van der Waals surface area contributed by atoms with Gasteiger partial charge in [0.1, 0.15) is 0 Å². The van der Waals surface area contributed by atoms with Gasteiger partial charge in [0.25, 0.3) is 0 Å². The van der Waals surface area contributed by atoms with Gasteiger partial charge in [-0.1, -0.05) is 27.7 Å². The number of thioether (sulfide) groups is 1. The Hall–Kier alpha value is -0.710.